The van der Waals surface area contributed by atoms with Gasteiger partial charge in [-0.15, -0.1) is 0 Å². The van der Waals surface area contributed by atoms with Crippen LogP contribution in [-0.2, 0) is 16.0 Å². The van der Waals surface area contributed by atoms with E-state index in [1.165, 1.54) is 0 Å². The van der Waals surface area contributed by atoms with Gasteiger partial charge in [0.2, 0.25) is 5.91 Å². The van der Waals surface area contributed by atoms with Gasteiger partial charge < -0.3 is 19.0 Å². The fourth-order valence-electron chi connectivity index (χ4n) is 2.99. The lowest BCUT2D eigenvalue weighted by Gasteiger charge is -2.34. The monoisotopic (exact) mass is 350 g/mol. The normalized spacial score (nSPS) is 15.9. The van der Waals surface area contributed by atoms with E-state index in [1.807, 2.05) is 40.0 Å². The molecular formula is C19H30N2O4. The van der Waals surface area contributed by atoms with E-state index >= 15 is 0 Å². The molecule has 0 saturated carbocycles. The van der Waals surface area contributed by atoms with Crippen LogP contribution in [0.25, 0.3) is 0 Å². The molecule has 1 saturated heterocycles. The Morgan fingerprint density at radius 1 is 1.32 bits per heavy atom. The van der Waals surface area contributed by atoms with Crippen LogP contribution in [0.5, 0.6) is 0 Å². The van der Waals surface area contributed by atoms with Crippen LogP contribution in [0.3, 0.4) is 0 Å². The second kappa shape index (κ2) is 8.41. The Labute approximate surface area is 150 Å². The second-order valence-corrected chi connectivity index (χ2v) is 7.76. The molecule has 0 unspecified atom stereocenters. The van der Waals surface area contributed by atoms with E-state index in [-0.39, 0.29) is 12.0 Å². The number of rotatable bonds is 5. The molecule has 2 amide bonds. The maximum atomic E-state index is 12.2. The molecule has 0 spiro atoms. The quantitative estimate of drug-likeness (QED) is 0.817. The zero-order valence-corrected chi connectivity index (χ0v) is 15.8. The number of amides is 2. The van der Waals surface area contributed by atoms with Gasteiger partial charge in [-0.3, -0.25) is 4.79 Å². The molecule has 1 aliphatic rings. The van der Waals surface area contributed by atoms with Crippen molar-refractivity contribution < 1.29 is 18.7 Å². The highest BCUT2D eigenvalue weighted by Crippen LogP contribution is 2.20. The van der Waals surface area contributed by atoms with Gasteiger partial charge in [0.05, 0.1) is 6.26 Å². The molecule has 0 atom stereocenters. The highest BCUT2D eigenvalue weighted by Gasteiger charge is 2.27. The van der Waals surface area contributed by atoms with E-state index in [1.54, 1.807) is 16.1 Å². The van der Waals surface area contributed by atoms with Gasteiger partial charge in [0, 0.05) is 39.5 Å². The van der Waals surface area contributed by atoms with Gasteiger partial charge in [0.15, 0.2) is 0 Å². The maximum absolute atomic E-state index is 12.2. The number of hydrogen-bond acceptors (Lipinski definition) is 4. The van der Waals surface area contributed by atoms with Gasteiger partial charge in [-0.2, -0.15) is 0 Å². The molecule has 0 aliphatic carbocycles. The smallest absolute Gasteiger partial charge is 0.410 e. The van der Waals surface area contributed by atoms with Gasteiger partial charge in [-0.05, 0) is 51.7 Å². The molecule has 2 heterocycles. The molecular weight excluding hydrogens is 320 g/mol. The standard InChI is InChI=1S/C19H30N2O4/c1-19(2,3)25-18(23)21-11-9-15(10-12-21)14-20(4)17(22)8-7-16-6-5-13-24-16/h5-6,13,15H,7-12,14H2,1-4H3. The summed E-state index contributed by atoms with van der Waals surface area (Å²) in [7, 11) is 1.85. The number of hydrogen-bond donors (Lipinski definition) is 0. The lowest BCUT2D eigenvalue weighted by molar-refractivity contribution is -0.130. The van der Waals surface area contributed by atoms with Crippen molar-refractivity contribution in [3.8, 4) is 0 Å². The molecule has 6 heteroatoms. The molecule has 1 fully saturated rings. The zero-order valence-electron chi connectivity index (χ0n) is 15.8. The van der Waals surface area contributed by atoms with Crippen molar-refractivity contribution in [2.75, 3.05) is 26.7 Å². The number of furan rings is 1. The van der Waals surface area contributed by atoms with Gasteiger partial charge in [0.1, 0.15) is 11.4 Å². The van der Waals surface area contributed by atoms with Crippen LogP contribution in [0, 0.1) is 5.92 Å². The van der Waals surface area contributed by atoms with Gasteiger partial charge in [-0.1, -0.05) is 0 Å². The molecule has 25 heavy (non-hydrogen) atoms. The van der Waals surface area contributed by atoms with E-state index in [0.29, 0.717) is 31.8 Å². The van der Waals surface area contributed by atoms with E-state index in [9.17, 15) is 9.59 Å². The van der Waals surface area contributed by atoms with E-state index in [2.05, 4.69) is 0 Å². The lowest BCUT2D eigenvalue weighted by Crippen LogP contribution is -2.44. The van der Waals surface area contributed by atoms with Crippen LogP contribution in [0.2, 0.25) is 0 Å². The van der Waals surface area contributed by atoms with Crippen molar-refractivity contribution in [1.82, 2.24) is 9.80 Å². The van der Waals surface area contributed by atoms with Gasteiger partial charge in [0.25, 0.3) is 0 Å². The minimum atomic E-state index is -0.464. The highest BCUT2D eigenvalue weighted by molar-refractivity contribution is 5.76. The molecule has 1 aromatic heterocycles. The van der Waals surface area contributed by atoms with Crippen LogP contribution in [0.4, 0.5) is 4.79 Å². The Morgan fingerprint density at radius 2 is 2.00 bits per heavy atom. The fraction of sp³-hybridized carbons (Fsp3) is 0.684. The Hall–Kier alpha value is -1.98. The van der Waals surface area contributed by atoms with Crippen molar-refractivity contribution >= 4 is 12.0 Å². The van der Waals surface area contributed by atoms with Crippen molar-refractivity contribution in [3.63, 3.8) is 0 Å². The first kappa shape index (κ1) is 19.3. The van der Waals surface area contributed by atoms with Crippen LogP contribution in [0.15, 0.2) is 22.8 Å². The number of likely N-dealkylation sites (tertiary alicyclic amines) is 1. The first-order valence-corrected chi connectivity index (χ1v) is 8.99. The largest absolute Gasteiger partial charge is 0.469 e. The summed E-state index contributed by atoms with van der Waals surface area (Å²) < 4.78 is 10.7. The van der Waals surface area contributed by atoms with Crippen LogP contribution in [-0.4, -0.2) is 54.1 Å². The van der Waals surface area contributed by atoms with Crippen molar-refractivity contribution in [3.05, 3.63) is 24.2 Å². The molecule has 0 radical (unpaired) electrons. The summed E-state index contributed by atoms with van der Waals surface area (Å²) in [4.78, 5) is 27.9. The van der Waals surface area contributed by atoms with Crippen molar-refractivity contribution in [2.24, 2.45) is 5.92 Å². The number of carbonyl (C=O) groups excluding carboxylic acids is 2. The van der Waals surface area contributed by atoms with E-state index in [4.69, 9.17) is 9.15 Å². The average molecular weight is 350 g/mol. The Balaban J connectivity index is 1.70. The SMILES string of the molecule is CN(CC1CCN(C(=O)OC(C)(C)C)CC1)C(=O)CCc1ccco1. The summed E-state index contributed by atoms with van der Waals surface area (Å²) in [5, 5.41) is 0. The summed E-state index contributed by atoms with van der Waals surface area (Å²) in [6, 6.07) is 3.72. The number of ether oxygens (including phenoxy) is 1. The summed E-state index contributed by atoms with van der Waals surface area (Å²) >= 11 is 0. The Morgan fingerprint density at radius 3 is 2.56 bits per heavy atom. The van der Waals surface area contributed by atoms with Crippen molar-refractivity contribution in [1.29, 1.82) is 0 Å². The average Bonchev–Trinajstić information content (AvgIpc) is 3.05. The predicted molar refractivity (Wildman–Crippen MR) is 95.2 cm³/mol. The summed E-state index contributed by atoms with van der Waals surface area (Å²) in [6.45, 7) is 7.74. The number of carbonyl (C=O) groups is 2. The second-order valence-electron chi connectivity index (χ2n) is 7.76. The molecule has 0 bridgehead atoms. The van der Waals surface area contributed by atoms with E-state index in [0.717, 1.165) is 25.1 Å². The number of nitrogens with zero attached hydrogens (tertiary/aromatic N) is 2. The van der Waals surface area contributed by atoms with Crippen molar-refractivity contribution in [2.45, 2.75) is 52.1 Å². The summed E-state index contributed by atoms with van der Waals surface area (Å²) in [6.07, 6.45) is 4.27. The van der Waals surface area contributed by atoms with E-state index < -0.39 is 5.60 Å². The number of piperidine rings is 1. The minimum Gasteiger partial charge on any atom is -0.469 e. The summed E-state index contributed by atoms with van der Waals surface area (Å²) in [5.41, 5.74) is -0.464. The predicted octanol–water partition coefficient (Wildman–Crippen LogP) is 3.32. The van der Waals surface area contributed by atoms with Gasteiger partial charge >= 0.3 is 6.09 Å². The van der Waals surface area contributed by atoms with Gasteiger partial charge in [-0.25, -0.2) is 4.79 Å². The third kappa shape index (κ3) is 6.44. The first-order valence-electron chi connectivity index (χ1n) is 8.99. The Bertz CT molecular complexity index is 554. The molecule has 0 N–H and O–H groups in total. The first-order chi connectivity index (χ1) is 11.7. The topological polar surface area (TPSA) is 63.0 Å². The minimum absolute atomic E-state index is 0.131. The molecule has 6 nitrogen and oxygen atoms in total. The highest BCUT2D eigenvalue weighted by atomic mass is 16.6. The zero-order chi connectivity index (χ0) is 18.4. The Kier molecular flexibility index (Phi) is 6.51. The molecule has 140 valence electrons. The third-order valence-corrected chi connectivity index (χ3v) is 4.39. The molecule has 1 aromatic rings. The molecule has 0 aromatic carbocycles. The third-order valence-electron chi connectivity index (χ3n) is 4.39. The van der Waals surface area contributed by atoms with Crippen LogP contribution >= 0.6 is 0 Å². The number of aryl methyl sites for hydroxylation is 1. The van der Waals surface area contributed by atoms with Crippen LogP contribution in [0.1, 0.15) is 45.8 Å². The summed E-state index contributed by atoms with van der Waals surface area (Å²) in [5.74, 6) is 1.40. The fourth-order valence-corrected chi connectivity index (χ4v) is 2.99. The molecule has 2 rings (SSSR count). The molecule has 1 aliphatic heterocycles. The maximum Gasteiger partial charge on any atom is 0.410 e. The lowest BCUT2D eigenvalue weighted by atomic mass is 9.96. The van der Waals surface area contributed by atoms with Crippen LogP contribution < -0.4 is 0 Å².